The van der Waals surface area contributed by atoms with Gasteiger partial charge in [-0.1, -0.05) is 57.4 Å². The Hall–Kier alpha value is -0.820. The average Bonchev–Trinajstić information content (AvgIpc) is 2.39. The summed E-state index contributed by atoms with van der Waals surface area (Å²) >= 11 is 0. The molecule has 0 amide bonds. The molecule has 1 aliphatic rings. The molecule has 1 aromatic rings. The van der Waals surface area contributed by atoms with Crippen molar-refractivity contribution in [2.24, 2.45) is 11.7 Å². The molecule has 17 heavy (non-hydrogen) atoms. The van der Waals surface area contributed by atoms with Gasteiger partial charge in [-0.25, -0.2) is 0 Å². The summed E-state index contributed by atoms with van der Waals surface area (Å²) in [4.78, 5) is 0. The summed E-state index contributed by atoms with van der Waals surface area (Å²) in [5.41, 5.74) is 9.12. The predicted octanol–water partition coefficient (Wildman–Crippen LogP) is 4.39. The van der Waals surface area contributed by atoms with Gasteiger partial charge in [0.25, 0.3) is 0 Å². The van der Waals surface area contributed by atoms with Crippen LogP contribution in [0.4, 0.5) is 0 Å². The summed E-state index contributed by atoms with van der Waals surface area (Å²) in [6.07, 6.45) is 6.75. The molecule has 1 aromatic carbocycles. The van der Waals surface area contributed by atoms with Gasteiger partial charge in [0, 0.05) is 6.04 Å². The van der Waals surface area contributed by atoms with E-state index in [2.05, 4.69) is 38.1 Å². The lowest BCUT2D eigenvalue weighted by atomic mass is 9.81. The van der Waals surface area contributed by atoms with Crippen LogP contribution in [0.25, 0.3) is 0 Å². The molecule has 0 bridgehead atoms. The van der Waals surface area contributed by atoms with E-state index >= 15 is 0 Å². The van der Waals surface area contributed by atoms with Gasteiger partial charge >= 0.3 is 0 Å². The fraction of sp³-hybridized carbons (Fsp3) is 0.625. The van der Waals surface area contributed by atoms with Gasteiger partial charge in [-0.3, -0.25) is 0 Å². The highest BCUT2D eigenvalue weighted by Crippen LogP contribution is 2.33. The fourth-order valence-corrected chi connectivity index (χ4v) is 2.87. The Morgan fingerprint density at radius 3 is 2.00 bits per heavy atom. The number of hydrogen-bond acceptors (Lipinski definition) is 1. The molecule has 0 radical (unpaired) electrons. The van der Waals surface area contributed by atoms with Crippen molar-refractivity contribution in [2.75, 3.05) is 0 Å². The number of nitrogens with two attached hydrogens (primary N) is 1. The van der Waals surface area contributed by atoms with E-state index in [9.17, 15) is 0 Å². The Morgan fingerprint density at radius 1 is 0.941 bits per heavy atom. The third-order valence-corrected chi connectivity index (χ3v) is 4.15. The van der Waals surface area contributed by atoms with E-state index < -0.39 is 0 Å². The zero-order valence-corrected chi connectivity index (χ0v) is 11.2. The molecule has 0 spiro atoms. The molecule has 0 heterocycles. The maximum Gasteiger partial charge on any atom is 0.0323 e. The molecule has 1 nitrogen and oxygen atoms in total. The van der Waals surface area contributed by atoms with E-state index in [0.29, 0.717) is 11.8 Å². The molecule has 0 aliphatic heterocycles. The molecular weight excluding hydrogens is 206 g/mol. The highest BCUT2D eigenvalue weighted by Gasteiger charge is 2.21. The van der Waals surface area contributed by atoms with Crippen molar-refractivity contribution in [1.29, 1.82) is 0 Å². The van der Waals surface area contributed by atoms with E-state index in [-0.39, 0.29) is 6.04 Å². The quantitative estimate of drug-likeness (QED) is 0.820. The SMILES string of the molecule is CC(C)c1ccc(C(N)C2CCCCC2)cc1. The number of benzene rings is 1. The van der Waals surface area contributed by atoms with Crippen LogP contribution >= 0.6 is 0 Å². The standard InChI is InChI=1S/C16H25N/c1-12(2)13-8-10-15(11-9-13)16(17)14-6-4-3-5-7-14/h8-12,14,16H,3-7,17H2,1-2H3. The summed E-state index contributed by atoms with van der Waals surface area (Å²) in [5, 5.41) is 0. The second-order valence-electron chi connectivity index (χ2n) is 5.75. The van der Waals surface area contributed by atoms with E-state index in [1.54, 1.807) is 0 Å². The van der Waals surface area contributed by atoms with Crippen LogP contribution in [0.15, 0.2) is 24.3 Å². The monoisotopic (exact) mass is 231 g/mol. The number of rotatable bonds is 3. The second kappa shape index (κ2) is 5.68. The minimum atomic E-state index is 0.247. The summed E-state index contributed by atoms with van der Waals surface area (Å²) in [6, 6.07) is 9.19. The van der Waals surface area contributed by atoms with Gasteiger partial charge < -0.3 is 5.73 Å². The first-order valence-electron chi connectivity index (χ1n) is 7.04. The van der Waals surface area contributed by atoms with Crippen molar-refractivity contribution in [3.8, 4) is 0 Å². The Balaban J connectivity index is 2.05. The molecule has 1 heteroatoms. The molecule has 1 saturated carbocycles. The molecule has 0 aromatic heterocycles. The molecule has 1 aliphatic carbocycles. The van der Waals surface area contributed by atoms with Gasteiger partial charge in [0.15, 0.2) is 0 Å². The zero-order chi connectivity index (χ0) is 12.3. The molecule has 1 atom stereocenters. The van der Waals surface area contributed by atoms with Crippen LogP contribution < -0.4 is 5.73 Å². The lowest BCUT2D eigenvalue weighted by Gasteiger charge is -2.28. The third-order valence-electron chi connectivity index (χ3n) is 4.15. The smallest absolute Gasteiger partial charge is 0.0323 e. The second-order valence-corrected chi connectivity index (χ2v) is 5.75. The summed E-state index contributed by atoms with van der Waals surface area (Å²) in [7, 11) is 0. The van der Waals surface area contributed by atoms with Gasteiger partial charge in [0.05, 0.1) is 0 Å². The minimum absolute atomic E-state index is 0.247. The van der Waals surface area contributed by atoms with Gasteiger partial charge in [-0.15, -0.1) is 0 Å². The Kier molecular flexibility index (Phi) is 4.22. The lowest BCUT2D eigenvalue weighted by Crippen LogP contribution is -2.23. The van der Waals surface area contributed by atoms with Crippen LogP contribution in [0.2, 0.25) is 0 Å². The topological polar surface area (TPSA) is 26.0 Å². The van der Waals surface area contributed by atoms with Crippen molar-refractivity contribution >= 4 is 0 Å². The molecule has 2 N–H and O–H groups in total. The maximum absolute atomic E-state index is 6.40. The van der Waals surface area contributed by atoms with Gasteiger partial charge in [-0.2, -0.15) is 0 Å². The highest BCUT2D eigenvalue weighted by atomic mass is 14.7. The number of hydrogen-bond donors (Lipinski definition) is 1. The first-order valence-corrected chi connectivity index (χ1v) is 7.04. The summed E-state index contributed by atoms with van der Waals surface area (Å²) < 4.78 is 0. The first-order chi connectivity index (χ1) is 8.18. The Morgan fingerprint density at radius 2 is 1.47 bits per heavy atom. The largest absolute Gasteiger partial charge is 0.324 e. The predicted molar refractivity (Wildman–Crippen MR) is 74.0 cm³/mol. The summed E-state index contributed by atoms with van der Waals surface area (Å²) in [6.45, 7) is 4.46. The van der Waals surface area contributed by atoms with E-state index in [4.69, 9.17) is 5.73 Å². The zero-order valence-electron chi connectivity index (χ0n) is 11.2. The minimum Gasteiger partial charge on any atom is -0.324 e. The lowest BCUT2D eigenvalue weighted by molar-refractivity contribution is 0.308. The van der Waals surface area contributed by atoms with E-state index in [1.165, 1.54) is 43.2 Å². The van der Waals surface area contributed by atoms with Crippen LogP contribution in [0.3, 0.4) is 0 Å². The van der Waals surface area contributed by atoms with Crippen LogP contribution in [0.1, 0.15) is 69.0 Å². The molecule has 1 unspecified atom stereocenters. The Labute approximate surface area is 105 Å². The van der Waals surface area contributed by atoms with E-state index in [0.717, 1.165) is 0 Å². The van der Waals surface area contributed by atoms with Gasteiger partial charge in [-0.05, 0) is 35.8 Å². The van der Waals surface area contributed by atoms with Crippen molar-refractivity contribution in [3.05, 3.63) is 35.4 Å². The van der Waals surface area contributed by atoms with Crippen LogP contribution in [0, 0.1) is 5.92 Å². The normalized spacial score (nSPS) is 19.5. The van der Waals surface area contributed by atoms with Crippen molar-refractivity contribution in [3.63, 3.8) is 0 Å². The Bertz CT molecular complexity index is 333. The van der Waals surface area contributed by atoms with Crippen LogP contribution in [-0.4, -0.2) is 0 Å². The molecule has 1 fully saturated rings. The average molecular weight is 231 g/mol. The molecule has 0 saturated heterocycles. The van der Waals surface area contributed by atoms with Crippen molar-refractivity contribution in [1.82, 2.24) is 0 Å². The van der Waals surface area contributed by atoms with Gasteiger partial charge in [0.2, 0.25) is 0 Å². The fourth-order valence-electron chi connectivity index (χ4n) is 2.87. The molecular formula is C16H25N. The molecule has 94 valence electrons. The van der Waals surface area contributed by atoms with Crippen LogP contribution in [-0.2, 0) is 0 Å². The van der Waals surface area contributed by atoms with E-state index in [1.807, 2.05) is 0 Å². The first kappa shape index (κ1) is 12.6. The molecule has 2 rings (SSSR count). The van der Waals surface area contributed by atoms with Crippen molar-refractivity contribution < 1.29 is 0 Å². The highest BCUT2D eigenvalue weighted by molar-refractivity contribution is 5.27. The van der Waals surface area contributed by atoms with Crippen LogP contribution in [0.5, 0.6) is 0 Å². The summed E-state index contributed by atoms with van der Waals surface area (Å²) in [5.74, 6) is 1.31. The van der Waals surface area contributed by atoms with Gasteiger partial charge in [0.1, 0.15) is 0 Å². The maximum atomic E-state index is 6.40. The third kappa shape index (κ3) is 3.10. The van der Waals surface area contributed by atoms with Crippen molar-refractivity contribution in [2.45, 2.75) is 57.9 Å².